The summed E-state index contributed by atoms with van der Waals surface area (Å²) in [5.74, 6) is 0. The van der Waals surface area contributed by atoms with Crippen molar-refractivity contribution in [1.29, 1.82) is 0 Å². The van der Waals surface area contributed by atoms with E-state index in [9.17, 15) is 0 Å². The maximum Gasteiger partial charge on any atom is 0.0434 e. The Morgan fingerprint density at radius 3 is 2.31 bits per heavy atom. The summed E-state index contributed by atoms with van der Waals surface area (Å²) in [6.45, 7) is 6.51. The molecule has 80 valence electrons. The molecule has 0 rings (SSSR count). The molecule has 1 atom stereocenters. The zero-order chi connectivity index (χ0) is 10.1. The Kier molecular flexibility index (Phi) is 9.00. The maximum absolute atomic E-state index is 5.89. The standard InChI is InChI=1S/C11H24ClN/c1-4-5-6-7-8-9-13(3)10-11(2)12/h11H,4-10H2,1-3H3. The molecule has 0 fully saturated rings. The Morgan fingerprint density at radius 1 is 1.15 bits per heavy atom. The van der Waals surface area contributed by atoms with E-state index in [1.54, 1.807) is 0 Å². The second kappa shape index (κ2) is 8.83. The van der Waals surface area contributed by atoms with Gasteiger partial charge in [0.25, 0.3) is 0 Å². The molecular formula is C11H24ClN. The third-order valence-electron chi connectivity index (χ3n) is 2.21. The van der Waals surface area contributed by atoms with Crippen LogP contribution in [0.3, 0.4) is 0 Å². The van der Waals surface area contributed by atoms with E-state index >= 15 is 0 Å². The van der Waals surface area contributed by atoms with E-state index in [1.807, 2.05) is 0 Å². The summed E-state index contributed by atoms with van der Waals surface area (Å²) in [5, 5.41) is 0.278. The van der Waals surface area contributed by atoms with Gasteiger partial charge in [-0.1, -0.05) is 32.6 Å². The fourth-order valence-corrected chi connectivity index (χ4v) is 1.74. The Hall–Kier alpha value is 0.250. The number of nitrogens with zero attached hydrogens (tertiary/aromatic N) is 1. The van der Waals surface area contributed by atoms with Crippen LogP contribution in [0.2, 0.25) is 0 Å². The second-order valence-corrected chi connectivity index (χ2v) is 4.70. The van der Waals surface area contributed by atoms with Crippen molar-refractivity contribution >= 4 is 11.6 Å². The van der Waals surface area contributed by atoms with Gasteiger partial charge in [0.2, 0.25) is 0 Å². The molecule has 2 heteroatoms. The zero-order valence-corrected chi connectivity index (χ0v) is 10.1. The summed E-state index contributed by atoms with van der Waals surface area (Å²) in [5.41, 5.74) is 0. The SMILES string of the molecule is CCCCCCCN(C)CC(C)Cl. The monoisotopic (exact) mass is 205 g/mol. The Balaban J connectivity index is 3.12. The summed E-state index contributed by atoms with van der Waals surface area (Å²) in [6.07, 6.45) is 6.79. The van der Waals surface area contributed by atoms with Gasteiger partial charge in [-0.3, -0.25) is 0 Å². The predicted octanol–water partition coefficient (Wildman–Crippen LogP) is 3.52. The topological polar surface area (TPSA) is 3.24 Å². The molecule has 0 aliphatic rings. The molecule has 0 amide bonds. The van der Waals surface area contributed by atoms with Crippen molar-refractivity contribution in [3.8, 4) is 0 Å². The molecule has 0 bridgehead atoms. The summed E-state index contributed by atoms with van der Waals surface area (Å²) < 4.78 is 0. The van der Waals surface area contributed by atoms with Gasteiger partial charge < -0.3 is 4.90 Å². The van der Waals surface area contributed by atoms with Gasteiger partial charge in [0, 0.05) is 11.9 Å². The molecule has 0 spiro atoms. The molecule has 0 aliphatic heterocycles. The molecule has 0 saturated carbocycles. The highest BCUT2D eigenvalue weighted by Crippen LogP contribution is 2.04. The van der Waals surface area contributed by atoms with E-state index in [1.165, 1.54) is 38.6 Å². The Labute approximate surface area is 88.5 Å². The first kappa shape index (κ1) is 13.2. The number of hydrogen-bond donors (Lipinski definition) is 0. The average molecular weight is 206 g/mol. The number of alkyl halides is 1. The van der Waals surface area contributed by atoms with Crippen molar-refractivity contribution in [3.05, 3.63) is 0 Å². The van der Waals surface area contributed by atoms with Crippen LogP contribution in [0.15, 0.2) is 0 Å². The molecule has 13 heavy (non-hydrogen) atoms. The molecule has 0 aromatic heterocycles. The highest BCUT2D eigenvalue weighted by atomic mass is 35.5. The smallest absolute Gasteiger partial charge is 0.0434 e. The molecule has 0 aromatic carbocycles. The van der Waals surface area contributed by atoms with Crippen molar-refractivity contribution in [3.63, 3.8) is 0 Å². The van der Waals surface area contributed by atoms with E-state index in [2.05, 4.69) is 25.8 Å². The van der Waals surface area contributed by atoms with Gasteiger partial charge in [-0.05, 0) is 26.9 Å². The maximum atomic E-state index is 5.89. The van der Waals surface area contributed by atoms with Gasteiger partial charge >= 0.3 is 0 Å². The lowest BCUT2D eigenvalue weighted by atomic mass is 10.1. The molecule has 1 unspecified atom stereocenters. The minimum Gasteiger partial charge on any atom is -0.305 e. The number of hydrogen-bond acceptors (Lipinski definition) is 1. The summed E-state index contributed by atoms with van der Waals surface area (Å²) in [6, 6.07) is 0. The highest BCUT2D eigenvalue weighted by molar-refractivity contribution is 6.20. The molecule has 0 N–H and O–H groups in total. The van der Waals surface area contributed by atoms with E-state index in [4.69, 9.17) is 11.6 Å². The largest absolute Gasteiger partial charge is 0.305 e. The third kappa shape index (κ3) is 10.2. The lowest BCUT2D eigenvalue weighted by molar-refractivity contribution is 0.326. The number of rotatable bonds is 8. The molecule has 0 saturated heterocycles. The van der Waals surface area contributed by atoms with Gasteiger partial charge in [-0.25, -0.2) is 0 Å². The van der Waals surface area contributed by atoms with Crippen molar-refractivity contribution in [2.75, 3.05) is 20.1 Å². The quantitative estimate of drug-likeness (QED) is 0.433. The number of unbranched alkanes of at least 4 members (excludes halogenated alkanes) is 4. The van der Waals surface area contributed by atoms with Crippen molar-refractivity contribution in [2.24, 2.45) is 0 Å². The lowest BCUT2D eigenvalue weighted by Gasteiger charge is -2.17. The van der Waals surface area contributed by atoms with Crippen molar-refractivity contribution in [2.45, 2.75) is 51.3 Å². The Bertz CT molecular complexity index is 104. The van der Waals surface area contributed by atoms with Crippen LogP contribution >= 0.6 is 11.6 Å². The molecule has 0 aromatic rings. The highest BCUT2D eigenvalue weighted by Gasteiger charge is 2.01. The van der Waals surface area contributed by atoms with Crippen LogP contribution in [0.5, 0.6) is 0 Å². The van der Waals surface area contributed by atoms with Crippen molar-refractivity contribution in [1.82, 2.24) is 4.90 Å². The van der Waals surface area contributed by atoms with Crippen LogP contribution in [0.25, 0.3) is 0 Å². The fourth-order valence-electron chi connectivity index (χ4n) is 1.51. The zero-order valence-electron chi connectivity index (χ0n) is 9.35. The van der Waals surface area contributed by atoms with Gasteiger partial charge in [-0.15, -0.1) is 11.6 Å². The van der Waals surface area contributed by atoms with Gasteiger partial charge in [0.1, 0.15) is 0 Å². The van der Waals surface area contributed by atoms with E-state index in [0.29, 0.717) is 0 Å². The third-order valence-corrected chi connectivity index (χ3v) is 2.34. The van der Waals surface area contributed by atoms with Crippen LogP contribution < -0.4 is 0 Å². The first-order chi connectivity index (χ1) is 6.16. The van der Waals surface area contributed by atoms with E-state index < -0.39 is 0 Å². The van der Waals surface area contributed by atoms with E-state index in [0.717, 1.165) is 6.54 Å². The molecule has 0 aliphatic carbocycles. The molecule has 1 nitrogen and oxygen atoms in total. The summed E-state index contributed by atoms with van der Waals surface area (Å²) in [4.78, 5) is 2.32. The van der Waals surface area contributed by atoms with Gasteiger partial charge in [0.15, 0.2) is 0 Å². The minimum absolute atomic E-state index is 0.278. The normalized spacial score (nSPS) is 13.6. The number of halogens is 1. The Morgan fingerprint density at radius 2 is 1.77 bits per heavy atom. The van der Waals surface area contributed by atoms with Crippen LogP contribution in [-0.4, -0.2) is 30.4 Å². The van der Waals surface area contributed by atoms with Crippen LogP contribution in [0, 0.1) is 0 Å². The molecule has 0 radical (unpaired) electrons. The van der Waals surface area contributed by atoms with Crippen LogP contribution in [0.1, 0.15) is 46.0 Å². The molecule has 0 heterocycles. The first-order valence-corrected chi connectivity index (χ1v) is 5.93. The average Bonchev–Trinajstić information content (AvgIpc) is 2.02. The van der Waals surface area contributed by atoms with Gasteiger partial charge in [-0.2, -0.15) is 0 Å². The van der Waals surface area contributed by atoms with Gasteiger partial charge in [0.05, 0.1) is 0 Å². The fraction of sp³-hybridized carbons (Fsp3) is 1.00. The molecular weight excluding hydrogens is 182 g/mol. The first-order valence-electron chi connectivity index (χ1n) is 5.49. The lowest BCUT2D eigenvalue weighted by Crippen LogP contribution is -2.25. The predicted molar refractivity (Wildman–Crippen MR) is 61.6 cm³/mol. The minimum atomic E-state index is 0.278. The van der Waals surface area contributed by atoms with Crippen LogP contribution in [-0.2, 0) is 0 Å². The summed E-state index contributed by atoms with van der Waals surface area (Å²) in [7, 11) is 2.15. The second-order valence-electron chi connectivity index (χ2n) is 3.96. The summed E-state index contributed by atoms with van der Waals surface area (Å²) >= 11 is 5.89. The van der Waals surface area contributed by atoms with E-state index in [-0.39, 0.29) is 5.38 Å². The van der Waals surface area contributed by atoms with Crippen molar-refractivity contribution < 1.29 is 0 Å². The van der Waals surface area contributed by atoms with Crippen LogP contribution in [0.4, 0.5) is 0 Å².